The highest BCUT2D eigenvalue weighted by molar-refractivity contribution is 6.63. The molecule has 0 amide bonds. The van der Waals surface area contributed by atoms with Crippen molar-refractivity contribution in [1.29, 1.82) is 5.26 Å². The van der Waals surface area contributed by atoms with Crippen molar-refractivity contribution in [2.24, 2.45) is 0 Å². The van der Waals surface area contributed by atoms with Gasteiger partial charge >= 0.3 is 0 Å². The third kappa shape index (κ3) is 7.68. The van der Waals surface area contributed by atoms with Crippen LogP contribution in [0.1, 0.15) is 5.56 Å². The zero-order valence-electron chi connectivity index (χ0n) is 6.05. The maximum absolute atomic E-state index is 8.29. The molecule has 0 radical (unpaired) electrons. The van der Waals surface area contributed by atoms with Crippen molar-refractivity contribution in [3.05, 3.63) is 35.9 Å². The van der Waals surface area contributed by atoms with Gasteiger partial charge in [-0.15, -0.1) is 0 Å². The third-order valence-electron chi connectivity index (χ3n) is 0.903. The van der Waals surface area contributed by atoms with Crippen LogP contribution in [0.25, 0.3) is 0 Å². The second-order valence-corrected chi connectivity index (χ2v) is 3.70. The molecule has 0 spiro atoms. The summed E-state index contributed by atoms with van der Waals surface area (Å²) in [6.07, 6.45) is 0. The fraction of sp³-hybridized carbons (Fsp3) is 0.125. The second kappa shape index (κ2) is 7.24. The molecule has 4 heteroatoms. The average Bonchev–Trinajstić information content (AvgIpc) is 2.05. The number of hydrogen-bond donors (Lipinski definition) is 0. The van der Waals surface area contributed by atoms with Crippen LogP contribution in [0.5, 0.6) is 0 Å². The number of nitriles is 1. The summed E-state index contributed by atoms with van der Waals surface area (Å²) in [6.45, 7) is 0. The predicted molar refractivity (Wildman–Crippen MR) is 52.5 cm³/mol. The van der Waals surface area contributed by atoms with Gasteiger partial charge in [0.2, 0.25) is 0 Å². The Kier molecular flexibility index (Phi) is 6.99. The van der Waals surface area contributed by atoms with E-state index >= 15 is 0 Å². The van der Waals surface area contributed by atoms with Crippen LogP contribution in [-0.4, -0.2) is 4.30 Å². The van der Waals surface area contributed by atoms with E-state index in [1.807, 2.05) is 24.3 Å². The van der Waals surface area contributed by atoms with Crippen LogP contribution in [-0.2, 0) is 0 Å². The van der Waals surface area contributed by atoms with Crippen molar-refractivity contribution in [3.8, 4) is 6.07 Å². The SMILES string of the molecule is ClC(Cl)Cl.N#Cc1ccccc1. The number of halogens is 3. The molecule has 64 valence electrons. The maximum Gasteiger partial charge on any atom is 0.180 e. The number of nitrogens with zero attached hydrogens (tertiary/aromatic N) is 1. The molecule has 0 aliphatic carbocycles. The Morgan fingerprint density at radius 1 is 1.08 bits per heavy atom. The lowest BCUT2D eigenvalue weighted by Crippen LogP contribution is -1.66. The van der Waals surface area contributed by atoms with Crippen LogP contribution in [0.3, 0.4) is 0 Å². The summed E-state index contributed by atoms with van der Waals surface area (Å²) in [5.74, 6) is 0. The van der Waals surface area contributed by atoms with E-state index < -0.39 is 4.30 Å². The summed E-state index contributed by atoms with van der Waals surface area (Å²) in [4.78, 5) is 0. The van der Waals surface area contributed by atoms with Gasteiger partial charge < -0.3 is 0 Å². The Labute approximate surface area is 86.5 Å². The van der Waals surface area contributed by atoms with Crippen molar-refractivity contribution in [3.63, 3.8) is 0 Å². The molecule has 1 nitrogen and oxygen atoms in total. The number of rotatable bonds is 0. The van der Waals surface area contributed by atoms with Crippen molar-refractivity contribution >= 4 is 34.8 Å². The Morgan fingerprint density at radius 3 is 1.75 bits per heavy atom. The van der Waals surface area contributed by atoms with Crippen molar-refractivity contribution < 1.29 is 0 Å². The molecule has 0 aliphatic heterocycles. The average molecular weight is 223 g/mol. The minimum atomic E-state index is -0.750. The van der Waals surface area contributed by atoms with Gasteiger partial charge in [0.05, 0.1) is 11.6 Å². The largest absolute Gasteiger partial charge is 0.192 e. The molecule has 1 aromatic carbocycles. The van der Waals surface area contributed by atoms with Crippen LogP contribution in [0.2, 0.25) is 0 Å². The summed E-state index contributed by atoms with van der Waals surface area (Å²) in [6, 6.07) is 11.2. The predicted octanol–water partition coefficient (Wildman–Crippen LogP) is 3.54. The second-order valence-electron chi connectivity index (χ2n) is 1.73. The van der Waals surface area contributed by atoms with Crippen LogP contribution >= 0.6 is 34.8 Å². The van der Waals surface area contributed by atoms with Gasteiger partial charge in [-0.25, -0.2) is 0 Å². The Morgan fingerprint density at radius 2 is 1.50 bits per heavy atom. The molecule has 0 N–H and O–H groups in total. The fourth-order valence-corrected chi connectivity index (χ4v) is 0.513. The molecular formula is C8H6Cl3N. The van der Waals surface area contributed by atoms with Gasteiger partial charge in [-0.05, 0) is 12.1 Å². The molecule has 0 heterocycles. The molecule has 0 aliphatic rings. The summed E-state index contributed by atoms with van der Waals surface area (Å²) >= 11 is 14.4. The van der Waals surface area contributed by atoms with Gasteiger partial charge in [-0.3, -0.25) is 0 Å². The van der Waals surface area contributed by atoms with Gasteiger partial charge in [0.15, 0.2) is 4.30 Å². The molecule has 12 heavy (non-hydrogen) atoms. The summed E-state index contributed by atoms with van der Waals surface area (Å²) in [5.41, 5.74) is 0.715. The number of hydrogen-bond acceptors (Lipinski definition) is 1. The quantitative estimate of drug-likeness (QED) is 0.616. The lowest BCUT2D eigenvalue weighted by atomic mass is 10.2. The molecule has 1 rings (SSSR count). The Hall–Kier alpha value is -0.420. The molecule has 0 unspecified atom stereocenters. The molecule has 0 saturated heterocycles. The molecule has 1 aromatic rings. The summed E-state index contributed by atoms with van der Waals surface area (Å²) < 4.78 is -0.750. The van der Waals surface area contributed by atoms with Gasteiger partial charge in [-0.1, -0.05) is 53.0 Å². The zero-order chi connectivity index (χ0) is 9.40. The first-order chi connectivity index (χ1) is 5.66. The monoisotopic (exact) mass is 221 g/mol. The standard InChI is InChI=1S/C7H5N.CHCl3/c8-6-7-4-2-1-3-5-7;2-1(3)4/h1-5H;1H. The highest BCUT2D eigenvalue weighted by Crippen LogP contribution is 2.03. The van der Waals surface area contributed by atoms with Crippen molar-refractivity contribution in [2.75, 3.05) is 0 Å². The van der Waals surface area contributed by atoms with Crippen molar-refractivity contribution in [1.82, 2.24) is 0 Å². The molecule has 0 fully saturated rings. The van der Waals surface area contributed by atoms with E-state index in [2.05, 4.69) is 0 Å². The fourth-order valence-electron chi connectivity index (χ4n) is 0.513. The van der Waals surface area contributed by atoms with E-state index in [4.69, 9.17) is 40.1 Å². The Bertz CT molecular complexity index is 237. The van der Waals surface area contributed by atoms with Crippen LogP contribution in [0.15, 0.2) is 30.3 Å². The van der Waals surface area contributed by atoms with Crippen LogP contribution in [0.4, 0.5) is 0 Å². The van der Waals surface area contributed by atoms with E-state index in [9.17, 15) is 0 Å². The summed E-state index contributed by atoms with van der Waals surface area (Å²) in [7, 11) is 0. The van der Waals surface area contributed by atoms with Gasteiger partial charge in [-0.2, -0.15) is 5.26 Å². The minimum absolute atomic E-state index is 0.715. The van der Waals surface area contributed by atoms with E-state index in [-0.39, 0.29) is 0 Å². The van der Waals surface area contributed by atoms with Gasteiger partial charge in [0.25, 0.3) is 0 Å². The molecule has 0 atom stereocenters. The van der Waals surface area contributed by atoms with Gasteiger partial charge in [0.1, 0.15) is 0 Å². The zero-order valence-corrected chi connectivity index (χ0v) is 8.31. The Balaban J connectivity index is 0.000000261. The minimum Gasteiger partial charge on any atom is -0.192 e. The highest BCUT2D eigenvalue weighted by Gasteiger charge is 1.79. The molecule has 0 aromatic heterocycles. The first-order valence-electron chi connectivity index (χ1n) is 3.04. The smallest absolute Gasteiger partial charge is 0.180 e. The third-order valence-corrected chi connectivity index (χ3v) is 0.903. The first-order valence-corrected chi connectivity index (χ1v) is 4.35. The lowest BCUT2D eigenvalue weighted by molar-refractivity contribution is 1.49. The number of alkyl halides is 3. The molecular weight excluding hydrogens is 216 g/mol. The first kappa shape index (κ1) is 11.6. The van der Waals surface area contributed by atoms with Crippen molar-refractivity contribution in [2.45, 2.75) is 4.30 Å². The van der Waals surface area contributed by atoms with E-state index in [1.54, 1.807) is 12.1 Å². The topological polar surface area (TPSA) is 23.8 Å². The molecule has 0 bridgehead atoms. The van der Waals surface area contributed by atoms with Crippen LogP contribution < -0.4 is 0 Å². The normalized spacial score (nSPS) is 8.25. The van der Waals surface area contributed by atoms with Crippen LogP contribution in [0, 0.1) is 11.3 Å². The van der Waals surface area contributed by atoms with E-state index in [1.165, 1.54) is 0 Å². The van der Waals surface area contributed by atoms with Gasteiger partial charge in [0, 0.05) is 0 Å². The number of benzene rings is 1. The lowest BCUT2D eigenvalue weighted by Gasteiger charge is -1.80. The van der Waals surface area contributed by atoms with E-state index in [0.717, 1.165) is 0 Å². The van der Waals surface area contributed by atoms with E-state index in [0.29, 0.717) is 5.56 Å². The molecule has 0 saturated carbocycles. The summed E-state index contributed by atoms with van der Waals surface area (Å²) in [5, 5.41) is 8.29. The highest BCUT2D eigenvalue weighted by atomic mass is 35.6. The maximum atomic E-state index is 8.29.